The molecule has 0 aliphatic carbocycles. The van der Waals surface area contributed by atoms with Crippen LogP contribution in [0.15, 0.2) is 36.5 Å². The van der Waals surface area contributed by atoms with Gasteiger partial charge in [0.25, 0.3) is 0 Å². The lowest BCUT2D eigenvalue weighted by molar-refractivity contribution is 0.0986. The summed E-state index contributed by atoms with van der Waals surface area (Å²) in [5.74, 6) is -0.180. The normalized spacial score (nSPS) is 11.1. The van der Waals surface area contributed by atoms with Gasteiger partial charge in [-0.15, -0.1) is 11.3 Å². The Kier molecular flexibility index (Phi) is 3.36. The van der Waals surface area contributed by atoms with Gasteiger partial charge in [0.05, 0.1) is 4.88 Å². The van der Waals surface area contributed by atoms with Crippen molar-refractivity contribution < 1.29 is 9.18 Å². The first kappa shape index (κ1) is 13.0. The van der Waals surface area contributed by atoms with E-state index in [1.54, 1.807) is 16.9 Å². The molecule has 0 N–H and O–H groups in total. The maximum Gasteiger partial charge on any atom is 0.173 e. The van der Waals surface area contributed by atoms with Gasteiger partial charge in [-0.1, -0.05) is 6.07 Å². The third-order valence-electron chi connectivity index (χ3n) is 3.29. The van der Waals surface area contributed by atoms with Crippen molar-refractivity contribution >= 4 is 27.2 Å². The summed E-state index contributed by atoms with van der Waals surface area (Å²) < 4.78 is 15.7. The molecule has 102 valence electrons. The highest BCUT2D eigenvalue weighted by molar-refractivity contribution is 7.20. The van der Waals surface area contributed by atoms with Gasteiger partial charge in [-0.3, -0.25) is 9.48 Å². The quantitative estimate of drug-likeness (QED) is 0.688. The van der Waals surface area contributed by atoms with Gasteiger partial charge in [0.15, 0.2) is 5.78 Å². The molecule has 0 aliphatic rings. The molecule has 2 aromatic heterocycles. The number of ketones is 1. The Hall–Kier alpha value is -2.01. The van der Waals surface area contributed by atoms with Gasteiger partial charge >= 0.3 is 0 Å². The van der Waals surface area contributed by atoms with E-state index < -0.39 is 0 Å². The van der Waals surface area contributed by atoms with Crippen LogP contribution >= 0.6 is 11.3 Å². The summed E-state index contributed by atoms with van der Waals surface area (Å²) in [5, 5.41) is 5.00. The molecule has 0 radical (unpaired) electrons. The van der Waals surface area contributed by atoms with E-state index in [1.165, 1.54) is 23.5 Å². The van der Waals surface area contributed by atoms with Gasteiger partial charge in [0, 0.05) is 30.1 Å². The van der Waals surface area contributed by atoms with E-state index in [2.05, 4.69) is 5.10 Å². The summed E-state index contributed by atoms with van der Waals surface area (Å²) in [6.45, 7) is 0. The van der Waals surface area contributed by atoms with Crippen LogP contribution in [0.2, 0.25) is 0 Å². The zero-order valence-corrected chi connectivity index (χ0v) is 11.8. The zero-order chi connectivity index (χ0) is 14.1. The molecule has 2 heterocycles. The fraction of sp³-hybridized carbons (Fsp3) is 0.200. The second-order valence-corrected chi connectivity index (χ2v) is 5.75. The molecule has 5 heteroatoms. The predicted octanol–water partition coefficient (Wildman–Crippen LogP) is 3.59. The lowest BCUT2D eigenvalue weighted by Crippen LogP contribution is -2.03. The molecule has 3 nitrogen and oxygen atoms in total. The summed E-state index contributed by atoms with van der Waals surface area (Å²) >= 11 is 1.35. The highest BCUT2D eigenvalue weighted by atomic mass is 32.1. The molecule has 0 atom stereocenters. The number of aryl methyl sites for hydroxylation is 2. The number of carbonyl (C=O) groups is 1. The van der Waals surface area contributed by atoms with Crippen molar-refractivity contribution in [3.05, 3.63) is 52.9 Å². The molecule has 3 aromatic rings. The number of Topliss-reactive ketones (excluding diaryl/α,β-unsaturated/α-hetero) is 1. The molecule has 0 fully saturated rings. The fourth-order valence-electron chi connectivity index (χ4n) is 2.15. The van der Waals surface area contributed by atoms with Crippen LogP contribution in [0.3, 0.4) is 0 Å². The minimum Gasteiger partial charge on any atom is -0.293 e. The summed E-state index contributed by atoms with van der Waals surface area (Å²) in [5.41, 5.74) is 1.03. The Bertz CT molecular complexity index is 775. The molecule has 1 aromatic carbocycles. The van der Waals surface area contributed by atoms with Crippen LogP contribution in [-0.4, -0.2) is 15.6 Å². The lowest BCUT2D eigenvalue weighted by atomic mass is 10.1. The largest absolute Gasteiger partial charge is 0.293 e. The van der Waals surface area contributed by atoms with Crippen LogP contribution in [0.1, 0.15) is 21.8 Å². The maximum absolute atomic E-state index is 13.1. The fourth-order valence-corrected chi connectivity index (χ4v) is 3.21. The number of halogens is 1. The Balaban J connectivity index is 1.77. The smallest absolute Gasteiger partial charge is 0.173 e. The Morgan fingerprint density at radius 1 is 1.35 bits per heavy atom. The van der Waals surface area contributed by atoms with Gasteiger partial charge in [0.2, 0.25) is 0 Å². The van der Waals surface area contributed by atoms with Crippen LogP contribution in [0.25, 0.3) is 10.1 Å². The third-order valence-corrected chi connectivity index (χ3v) is 4.43. The summed E-state index contributed by atoms with van der Waals surface area (Å²) in [6.07, 6.45) is 2.83. The molecule has 0 amide bonds. The van der Waals surface area contributed by atoms with Crippen LogP contribution in [0.4, 0.5) is 4.39 Å². The minimum absolute atomic E-state index is 0.0906. The summed E-state index contributed by atoms with van der Waals surface area (Å²) in [6, 6.07) is 8.34. The average Bonchev–Trinajstić information content (AvgIpc) is 3.01. The van der Waals surface area contributed by atoms with E-state index >= 15 is 0 Å². The number of nitrogens with zero attached hydrogens (tertiary/aromatic N) is 2. The van der Waals surface area contributed by atoms with Crippen LogP contribution in [0.5, 0.6) is 0 Å². The van der Waals surface area contributed by atoms with Gasteiger partial charge in [-0.05, 0) is 36.1 Å². The summed E-state index contributed by atoms with van der Waals surface area (Å²) in [7, 11) is 1.86. The minimum atomic E-state index is -0.270. The van der Waals surface area contributed by atoms with E-state index in [0.29, 0.717) is 17.7 Å². The Labute approximate surface area is 119 Å². The van der Waals surface area contributed by atoms with E-state index in [1.807, 2.05) is 19.2 Å². The van der Waals surface area contributed by atoms with Gasteiger partial charge in [-0.2, -0.15) is 5.10 Å². The third kappa shape index (κ3) is 2.49. The predicted molar refractivity (Wildman–Crippen MR) is 77.6 cm³/mol. The van der Waals surface area contributed by atoms with E-state index in [-0.39, 0.29) is 11.6 Å². The van der Waals surface area contributed by atoms with Gasteiger partial charge in [0.1, 0.15) is 5.82 Å². The second-order valence-electron chi connectivity index (χ2n) is 4.66. The maximum atomic E-state index is 13.1. The second kappa shape index (κ2) is 5.17. The van der Waals surface area contributed by atoms with Crippen molar-refractivity contribution in [3.8, 4) is 0 Å². The molecule has 0 bridgehead atoms. The monoisotopic (exact) mass is 288 g/mol. The number of hydrogen-bond donors (Lipinski definition) is 0. The lowest BCUT2D eigenvalue weighted by Gasteiger charge is -2.00. The Morgan fingerprint density at radius 3 is 2.95 bits per heavy atom. The molecule has 0 spiro atoms. The number of carbonyl (C=O) groups excluding carboxylic acids is 1. The molecule has 0 aliphatic heterocycles. The molecule has 3 rings (SSSR count). The van der Waals surface area contributed by atoms with Crippen molar-refractivity contribution in [2.75, 3.05) is 0 Å². The first-order valence-electron chi connectivity index (χ1n) is 6.32. The van der Waals surface area contributed by atoms with Gasteiger partial charge in [-0.25, -0.2) is 4.39 Å². The number of aromatic nitrogens is 2. The topological polar surface area (TPSA) is 34.9 Å². The molecule has 0 saturated heterocycles. The van der Waals surface area contributed by atoms with Crippen molar-refractivity contribution in [3.63, 3.8) is 0 Å². The number of thiophene rings is 1. The number of rotatable bonds is 4. The van der Waals surface area contributed by atoms with Crippen molar-refractivity contribution in [2.45, 2.75) is 12.8 Å². The van der Waals surface area contributed by atoms with E-state index in [9.17, 15) is 9.18 Å². The highest BCUT2D eigenvalue weighted by Crippen LogP contribution is 2.27. The SMILES string of the molecule is Cn1nccc1CCC(=O)c1cc2ccc(F)cc2s1. The molecule has 0 saturated carbocycles. The highest BCUT2D eigenvalue weighted by Gasteiger charge is 2.12. The average molecular weight is 288 g/mol. The molecule has 0 unspecified atom stereocenters. The summed E-state index contributed by atoms with van der Waals surface area (Å²) in [4.78, 5) is 12.9. The zero-order valence-electron chi connectivity index (χ0n) is 11.0. The van der Waals surface area contributed by atoms with E-state index in [4.69, 9.17) is 0 Å². The van der Waals surface area contributed by atoms with Crippen LogP contribution < -0.4 is 0 Å². The molecular formula is C15H13FN2OS. The molecule has 20 heavy (non-hydrogen) atoms. The standard InChI is InChI=1S/C15H13FN2OS/c1-18-12(6-7-17-18)4-5-13(19)15-8-10-2-3-11(16)9-14(10)20-15/h2-3,6-9H,4-5H2,1H3. The Morgan fingerprint density at radius 2 is 2.20 bits per heavy atom. The number of hydrogen-bond acceptors (Lipinski definition) is 3. The first-order chi connectivity index (χ1) is 9.63. The molecular weight excluding hydrogens is 275 g/mol. The number of benzene rings is 1. The van der Waals surface area contributed by atoms with E-state index in [0.717, 1.165) is 15.8 Å². The van der Waals surface area contributed by atoms with Crippen molar-refractivity contribution in [1.82, 2.24) is 9.78 Å². The van der Waals surface area contributed by atoms with Gasteiger partial charge < -0.3 is 0 Å². The van der Waals surface area contributed by atoms with Crippen LogP contribution in [0, 0.1) is 5.82 Å². The number of fused-ring (bicyclic) bond motifs is 1. The van der Waals surface area contributed by atoms with Crippen LogP contribution in [-0.2, 0) is 13.5 Å². The van der Waals surface area contributed by atoms with Crippen molar-refractivity contribution in [2.24, 2.45) is 7.05 Å². The van der Waals surface area contributed by atoms with Crippen molar-refractivity contribution in [1.29, 1.82) is 0 Å². The first-order valence-corrected chi connectivity index (χ1v) is 7.14.